The topological polar surface area (TPSA) is 79.0 Å². The van der Waals surface area contributed by atoms with Gasteiger partial charge in [0.2, 0.25) is 11.5 Å². The van der Waals surface area contributed by atoms with Crippen molar-refractivity contribution in [2.75, 3.05) is 5.32 Å². The maximum atomic E-state index is 11.8. The molecule has 6 heteroatoms. The Balaban J connectivity index is 0.000000288. The van der Waals surface area contributed by atoms with Gasteiger partial charge < -0.3 is 21.5 Å². The van der Waals surface area contributed by atoms with Crippen LogP contribution in [0.15, 0.2) is 41.2 Å². The van der Waals surface area contributed by atoms with Gasteiger partial charge in [0.1, 0.15) is 5.82 Å². The minimum absolute atomic E-state index is 0. The molecule has 0 aliphatic heterocycles. The second-order valence-electron chi connectivity index (χ2n) is 6.26. The molecule has 2 N–H and O–H groups in total. The van der Waals surface area contributed by atoms with Crippen LogP contribution < -0.4 is 62.3 Å². The van der Waals surface area contributed by atoms with E-state index in [-0.39, 0.29) is 68.8 Å². The van der Waals surface area contributed by atoms with Crippen LogP contribution in [0.5, 0.6) is 0 Å². The van der Waals surface area contributed by atoms with E-state index in [4.69, 9.17) is 0 Å². The quantitative estimate of drug-likeness (QED) is 0.586. The minimum Gasteiger partial charge on any atom is -0.391 e. The van der Waals surface area contributed by atoms with E-state index in [0.29, 0.717) is 11.4 Å². The van der Waals surface area contributed by atoms with E-state index in [1.165, 1.54) is 6.07 Å². The molecule has 2 aromatic rings. The second kappa shape index (κ2) is 12.3. The molecule has 0 saturated heterocycles. The van der Waals surface area contributed by atoms with Crippen molar-refractivity contribution in [3.8, 4) is 0 Å². The van der Waals surface area contributed by atoms with Crippen molar-refractivity contribution >= 4 is 18.0 Å². The van der Waals surface area contributed by atoms with Gasteiger partial charge in [-0.25, -0.2) is 11.6 Å². The molecule has 1 aliphatic rings. The molecule has 0 spiro atoms. The van der Waals surface area contributed by atoms with Crippen molar-refractivity contribution in [3.63, 3.8) is 0 Å². The van der Waals surface area contributed by atoms with E-state index in [1.807, 2.05) is 25.3 Å². The number of carbonyl (C=O) groups is 1. The van der Waals surface area contributed by atoms with Crippen LogP contribution in [0.1, 0.15) is 42.4 Å². The first-order chi connectivity index (χ1) is 12.5. The zero-order valence-electron chi connectivity index (χ0n) is 15.9. The van der Waals surface area contributed by atoms with Crippen molar-refractivity contribution in [2.45, 2.75) is 32.6 Å². The standard InChI is InChI=1S/C12H15N2O2.C9H8O.K/c15-11-8-4-7-10(13-11)14-12(16)9-5-2-1-3-6-9;1-7-4-3-5-9(6-10)8(7)2;/h1,4,7-9H,2-3,5-6H2,(H2,13,14,15,16);3-5H,2H2,1H3;/q-1;-2;+1. The summed E-state index contributed by atoms with van der Waals surface area (Å²) in [6.07, 6.45) is 7.86. The molecule has 1 saturated carbocycles. The Kier molecular flexibility index (Phi) is 10.9. The number of H-pyrrole nitrogens is 1. The minimum atomic E-state index is -0.199. The summed E-state index contributed by atoms with van der Waals surface area (Å²) < 4.78 is 0. The van der Waals surface area contributed by atoms with Crippen LogP contribution in [0.4, 0.5) is 5.82 Å². The van der Waals surface area contributed by atoms with Gasteiger partial charge in [-0.3, -0.25) is 27.6 Å². The number of rotatable bonds is 3. The van der Waals surface area contributed by atoms with Gasteiger partial charge in [0.15, 0.2) is 0 Å². The van der Waals surface area contributed by atoms with Gasteiger partial charge in [0.05, 0.1) is 0 Å². The maximum absolute atomic E-state index is 11.8. The zero-order chi connectivity index (χ0) is 18.9. The molecule has 1 aliphatic carbocycles. The molecule has 0 radical (unpaired) electrons. The van der Waals surface area contributed by atoms with Crippen LogP contribution in [0.2, 0.25) is 0 Å². The van der Waals surface area contributed by atoms with Crippen molar-refractivity contribution < 1.29 is 61.0 Å². The van der Waals surface area contributed by atoms with Gasteiger partial charge >= 0.3 is 51.4 Å². The molecule has 138 valence electrons. The number of carbonyl (C=O) groups excluding carboxylic acids is 2. The first-order valence-corrected chi connectivity index (χ1v) is 8.63. The average Bonchev–Trinajstić information content (AvgIpc) is 2.65. The number of hydrogen-bond acceptors (Lipinski definition) is 3. The number of amides is 1. The number of nitrogens with one attached hydrogen (secondary N) is 2. The van der Waals surface area contributed by atoms with Crippen LogP contribution in [-0.4, -0.2) is 17.2 Å². The summed E-state index contributed by atoms with van der Waals surface area (Å²) in [4.78, 5) is 35.7. The van der Waals surface area contributed by atoms with Gasteiger partial charge in [-0.2, -0.15) is 12.8 Å². The fourth-order valence-corrected chi connectivity index (χ4v) is 2.74. The predicted molar refractivity (Wildman–Crippen MR) is 102 cm³/mol. The first-order valence-electron chi connectivity index (χ1n) is 8.63. The summed E-state index contributed by atoms with van der Waals surface area (Å²) >= 11 is 0. The molecule has 1 amide bonds. The number of aryl methyl sites for hydroxylation is 1. The molecule has 1 heterocycles. The Morgan fingerprint density at radius 2 is 1.89 bits per heavy atom. The fourth-order valence-electron chi connectivity index (χ4n) is 2.74. The van der Waals surface area contributed by atoms with Crippen molar-refractivity contribution in [1.82, 2.24) is 4.98 Å². The smallest absolute Gasteiger partial charge is 0.391 e. The second-order valence-corrected chi connectivity index (χ2v) is 6.26. The van der Waals surface area contributed by atoms with Crippen molar-refractivity contribution in [2.24, 2.45) is 5.92 Å². The predicted octanol–water partition coefficient (Wildman–Crippen LogP) is 0.347. The summed E-state index contributed by atoms with van der Waals surface area (Å²) in [5, 5.41) is 2.74. The third-order valence-electron chi connectivity index (χ3n) is 4.36. The number of aromatic amines is 1. The number of hydrogen-bond donors (Lipinski definition) is 2. The van der Waals surface area contributed by atoms with Gasteiger partial charge in [-0.05, 0) is 12.4 Å². The molecular formula is C21H23KN2O3-2. The Labute approximate surface area is 202 Å². The normalized spacial score (nSPS) is 13.5. The molecule has 3 rings (SSSR count). The van der Waals surface area contributed by atoms with Gasteiger partial charge in [0.25, 0.3) is 0 Å². The molecular weight excluding hydrogens is 367 g/mol. The van der Waals surface area contributed by atoms with E-state index >= 15 is 0 Å². The number of pyridine rings is 1. The summed E-state index contributed by atoms with van der Waals surface area (Å²) in [6.45, 7) is 5.65. The Hall–Kier alpha value is -1.18. The van der Waals surface area contributed by atoms with E-state index in [0.717, 1.165) is 36.8 Å². The molecule has 0 bridgehead atoms. The SMILES string of the molecule is O=C(Nc1cccc(=O)[nH]1)C1CC[CH-]CC1.[CH2-]c1c(C)cccc1[C-]=O.[K+]. The fraction of sp³-hybridized carbons (Fsp3) is 0.286. The van der Waals surface area contributed by atoms with Gasteiger partial charge in [-0.15, -0.1) is 12.1 Å². The summed E-state index contributed by atoms with van der Waals surface area (Å²) in [5.74, 6) is 0.565. The van der Waals surface area contributed by atoms with Crippen LogP contribution in [0.3, 0.4) is 0 Å². The Morgan fingerprint density at radius 3 is 2.48 bits per heavy atom. The van der Waals surface area contributed by atoms with Crippen molar-refractivity contribution in [3.05, 3.63) is 76.8 Å². The van der Waals surface area contributed by atoms with E-state index in [9.17, 15) is 14.4 Å². The molecule has 0 atom stereocenters. The van der Waals surface area contributed by atoms with Crippen LogP contribution >= 0.6 is 0 Å². The van der Waals surface area contributed by atoms with Crippen molar-refractivity contribution in [1.29, 1.82) is 0 Å². The van der Waals surface area contributed by atoms with Crippen LogP contribution in [0.25, 0.3) is 0 Å². The van der Waals surface area contributed by atoms with Gasteiger partial charge in [0, 0.05) is 12.0 Å². The third kappa shape index (κ3) is 7.75. The molecule has 1 aromatic carbocycles. The first kappa shape index (κ1) is 23.9. The number of anilines is 1. The summed E-state index contributed by atoms with van der Waals surface area (Å²) in [6, 6.07) is 10.2. The summed E-state index contributed by atoms with van der Waals surface area (Å²) in [7, 11) is 0. The molecule has 1 aromatic heterocycles. The van der Waals surface area contributed by atoms with E-state index in [1.54, 1.807) is 18.2 Å². The molecule has 1 fully saturated rings. The Bertz CT molecular complexity index is 811. The van der Waals surface area contributed by atoms with Crippen LogP contribution in [-0.2, 0) is 9.59 Å². The summed E-state index contributed by atoms with van der Waals surface area (Å²) in [5.41, 5.74) is 2.16. The molecule has 0 unspecified atom stereocenters. The van der Waals surface area contributed by atoms with Crippen LogP contribution in [0, 0.1) is 26.2 Å². The van der Waals surface area contributed by atoms with E-state index in [2.05, 4.69) is 23.6 Å². The van der Waals surface area contributed by atoms with Gasteiger partial charge in [-0.1, -0.05) is 25.8 Å². The monoisotopic (exact) mass is 390 g/mol. The third-order valence-corrected chi connectivity index (χ3v) is 4.36. The van der Waals surface area contributed by atoms with E-state index < -0.39 is 0 Å². The largest absolute Gasteiger partial charge is 1.00 e. The average molecular weight is 391 g/mol. The number of aromatic nitrogens is 1. The Morgan fingerprint density at radius 1 is 1.22 bits per heavy atom. The zero-order valence-corrected chi connectivity index (χ0v) is 19.0. The molecule has 5 nitrogen and oxygen atoms in total. The number of benzene rings is 1. The molecule has 27 heavy (non-hydrogen) atoms. The maximum Gasteiger partial charge on any atom is 1.00 e.